The van der Waals surface area contributed by atoms with Gasteiger partial charge < -0.3 is 15.0 Å². The third-order valence-corrected chi connectivity index (χ3v) is 3.51. The minimum Gasteiger partial charge on any atom is -0.459 e. The average Bonchev–Trinajstić information content (AvgIpc) is 2.89. The molecule has 1 amide bonds. The molecule has 2 fully saturated rings. The second kappa shape index (κ2) is 4.41. The molecule has 1 atom stereocenters. The SMILES string of the molecule is CCOC(=O)C(=O)N1CCC2(CCNC2)C1. The Kier molecular flexibility index (Phi) is 3.14. The summed E-state index contributed by atoms with van der Waals surface area (Å²) in [5.74, 6) is -1.20. The lowest BCUT2D eigenvalue weighted by molar-refractivity contribution is -0.159. The van der Waals surface area contributed by atoms with E-state index in [1.165, 1.54) is 0 Å². The number of rotatable bonds is 1. The van der Waals surface area contributed by atoms with Gasteiger partial charge in [-0.05, 0) is 26.3 Å². The average molecular weight is 226 g/mol. The van der Waals surface area contributed by atoms with Gasteiger partial charge in [0.15, 0.2) is 0 Å². The van der Waals surface area contributed by atoms with E-state index in [4.69, 9.17) is 4.74 Å². The predicted molar refractivity (Wildman–Crippen MR) is 57.7 cm³/mol. The molecule has 0 radical (unpaired) electrons. The van der Waals surface area contributed by atoms with Crippen LogP contribution in [0.2, 0.25) is 0 Å². The number of hydrogen-bond acceptors (Lipinski definition) is 4. The zero-order valence-corrected chi connectivity index (χ0v) is 9.62. The van der Waals surface area contributed by atoms with Crippen LogP contribution in [0.3, 0.4) is 0 Å². The predicted octanol–water partition coefficient (Wildman–Crippen LogP) is -0.238. The number of ether oxygens (including phenoxy) is 1. The highest BCUT2D eigenvalue weighted by Gasteiger charge is 2.43. The first-order valence-electron chi connectivity index (χ1n) is 5.84. The topological polar surface area (TPSA) is 58.6 Å². The molecule has 0 saturated carbocycles. The second-order valence-corrected chi connectivity index (χ2v) is 4.62. The molecule has 0 aromatic heterocycles. The smallest absolute Gasteiger partial charge is 0.397 e. The summed E-state index contributed by atoms with van der Waals surface area (Å²) in [4.78, 5) is 24.6. The number of esters is 1. The van der Waals surface area contributed by atoms with Gasteiger partial charge in [0.25, 0.3) is 0 Å². The highest BCUT2D eigenvalue weighted by Crippen LogP contribution is 2.35. The molecule has 2 rings (SSSR count). The standard InChI is InChI=1S/C11H18N2O3/c1-2-16-10(15)9(14)13-6-4-11(8-13)3-5-12-7-11/h12H,2-8H2,1H3. The van der Waals surface area contributed by atoms with Crippen LogP contribution in [-0.4, -0.2) is 49.6 Å². The fourth-order valence-electron chi connectivity index (χ4n) is 2.57. The Morgan fingerprint density at radius 3 is 2.88 bits per heavy atom. The van der Waals surface area contributed by atoms with Crippen LogP contribution in [-0.2, 0) is 14.3 Å². The summed E-state index contributed by atoms with van der Waals surface area (Å²) in [5.41, 5.74) is 0.210. The summed E-state index contributed by atoms with van der Waals surface area (Å²) in [6, 6.07) is 0. The lowest BCUT2D eigenvalue weighted by Gasteiger charge is -2.22. The lowest BCUT2D eigenvalue weighted by atomic mass is 9.87. The summed E-state index contributed by atoms with van der Waals surface area (Å²) >= 11 is 0. The fourth-order valence-corrected chi connectivity index (χ4v) is 2.57. The molecule has 5 nitrogen and oxygen atoms in total. The van der Waals surface area contributed by atoms with Gasteiger partial charge in [0.05, 0.1) is 6.61 Å². The first kappa shape index (κ1) is 11.4. The van der Waals surface area contributed by atoms with Gasteiger partial charge in [0.2, 0.25) is 0 Å². The summed E-state index contributed by atoms with van der Waals surface area (Å²) in [7, 11) is 0. The number of carbonyl (C=O) groups is 2. The Bertz CT molecular complexity index is 298. The van der Waals surface area contributed by atoms with Crippen molar-refractivity contribution in [3.63, 3.8) is 0 Å². The van der Waals surface area contributed by atoms with E-state index in [1.54, 1.807) is 11.8 Å². The van der Waals surface area contributed by atoms with Gasteiger partial charge in [-0.3, -0.25) is 4.79 Å². The van der Waals surface area contributed by atoms with Crippen molar-refractivity contribution in [1.29, 1.82) is 0 Å². The molecule has 0 aliphatic carbocycles. The van der Waals surface area contributed by atoms with E-state index in [0.717, 1.165) is 25.9 Å². The lowest BCUT2D eigenvalue weighted by Crippen LogP contribution is -2.38. The Labute approximate surface area is 95.1 Å². The van der Waals surface area contributed by atoms with Crippen LogP contribution in [0.5, 0.6) is 0 Å². The first-order valence-corrected chi connectivity index (χ1v) is 5.84. The highest BCUT2D eigenvalue weighted by atomic mass is 16.5. The van der Waals surface area contributed by atoms with Crippen molar-refractivity contribution >= 4 is 11.9 Å². The fraction of sp³-hybridized carbons (Fsp3) is 0.818. The Balaban J connectivity index is 1.93. The molecule has 2 aliphatic heterocycles. The van der Waals surface area contributed by atoms with Gasteiger partial charge in [-0.2, -0.15) is 0 Å². The molecule has 1 unspecified atom stereocenters. The summed E-state index contributed by atoms with van der Waals surface area (Å²) < 4.78 is 4.72. The zero-order valence-electron chi connectivity index (χ0n) is 9.62. The van der Waals surface area contributed by atoms with Gasteiger partial charge >= 0.3 is 11.9 Å². The highest BCUT2D eigenvalue weighted by molar-refractivity contribution is 6.32. The van der Waals surface area contributed by atoms with Crippen LogP contribution >= 0.6 is 0 Å². The summed E-state index contributed by atoms with van der Waals surface area (Å²) in [6.45, 7) is 5.31. The molecule has 2 aliphatic rings. The molecule has 1 spiro atoms. The third kappa shape index (κ3) is 2.04. The van der Waals surface area contributed by atoms with Crippen LogP contribution in [0, 0.1) is 5.41 Å². The molecule has 90 valence electrons. The van der Waals surface area contributed by atoms with E-state index in [9.17, 15) is 9.59 Å². The van der Waals surface area contributed by atoms with Crippen LogP contribution in [0.4, 0.5) is 0 Å². The van der Waals surface area contributed by atoms with E-state index in [-0.39, 0.29) is 12.0 Å². The van der Waals surface area contributed by atoms with E-state index in [2.05, 4.69) is 5.32 Å². The Hall–Kier alpha value is -1.10. The third-order valence-electron chi connectivity index (χ3n) is 3.51. The molecule has 0 bridgehead atoms. The van der Waals surface area contributed by atoms with Crippen molar-refractivity contribution in [3.05, 3.63) is 0 Å². The Morgan fingerprint density at radius 1 is 1.44 bits per heavy atom. The first-order chi connectivity index (χ1) is 7.67. The number of likely N-dealkylation sites (tertiary alicyclic amines) is 1. The number of amides is 1. The Morgan fingerprint density at radius 2 is 2.25 bits per heavy atom. The van der Waals surface area contributed by atoms with Crippen molar-refractivity contribution in [2.75, 3.05) is 32.8 Å². The number of hydrogen-bond donors (Lipinski definition) is 1. The van der Waals surface area contributed by atoms with Gasteiger partial charge in [-0.1, -0.05) is 0 Å². The minimum atomic E-state index is -0.717. The maximum absolute atomic E-state index is 11.7. The van der Waals surface area contributed by atoms with Gasteiger partial charge in [0.1, 0.15) is 0 Å². The summed E-state index contributed by atoms with van der Waals surface area (Å²) in [6.07, 6.45) is 2.09. The molecule has 2 heterocycles. The molecule has 0 aromatic carbocycles. The molecule has 1 N–H and O–H groups in total. The van der Waals surface area contributed by atoms with Crippen molar-refractivity contribution < 1.29 is 14.3 Å². The van der Waals surface area contributed by atoms with Crippen LogP contribution in [0.15, 0.2) is 0 Å². The molecular weight excluding hydrogens is 208 g/mol. The monoisotopic (exact) mass is 226 g/mol. The van der Waals surface area contributed by atoms with E-state index in [0.29, 0.717) is 13.1 Å². The van der Waals surface area contributed by atoms with Crippen molar-refractivity contribution in [3.8, 4) is 0 Å². The summed E-state index contributed by atoms with van der Waals surface area (Å²) in [5, 5.41) is 3.31. The van der Waals surface area contributed by atoms with Crippen molar-refractivity contribution in [1.82, 2.24) is 10.2 Å². The van der Waals surface area contributed by atoms with Gasteiger partial charge in [-0.25, -0.2) is 4.79 Å². The number of nitrogens with zero attached hydrogens (tertiary/aromatic N) is 1. The maximum atomic E-state index is 11.7. The van der Waals surface area contributed by atoms with E-state index < -0.39 is 11.9 Å². The molecule has 16 heavy (non-hydrogen) atoms. The normalized spacial score (nSPS) is 28.7. The molecule has 2 saturated heterocycles. The van der Waals surface area contributed by atoms with E-state index in [1.807, 2.05) is 0 Å². The number of nitrogens with one attached hydrogen (secondary N) is 1. The minimum absolute atomic E-state index is 0.210. The van der Waals surface area contributed by atoms with Gasteiger partial charge in [0, 0.05) is 25.0 Å². The second-order valence-electron chi connectivity index (χ2n) is 4.62. The molecule has 0 aromatic rings. The van der Waals surface area contributed by atoms with E-state index >= 15 is 0 Å². The van der Waals surface area contributed by atoms with Crippen LogP contribution < -0.4 is 5.32 Å². The largest absolute Gasteiger partial charge is 0.459 e. The maximum Gasteiger partial charge on any atom is 0.397 e. The van der Waals surface area contributed by atoms with Crippen LogP contribution in [0.1, 0.15) is 19.8 Å². The van der Waals surface area contributed by atoms with Crippen molar-refractivity contribution in [2.24, 2.45) is 5.41 Å². The molecule has 5 heteroatoms. The quantitative estimate of drug-likeness (QED) is 0.495. The van der Waals surface area contributed by atoms with Crippen molar-refractivity contribution in [2.45, 2.75) is 19.8 Å². The zero-order chi connectivity index (χ0) is 11.6. The van der Waals surface area contributed by atoms with Crippen LogP contribution in [0.25, 0.3) is 0 Å². The molecular formula is C11H18N2O3. The van der Waals surface area contributed by atoms with Gasteiger partial charge in [-0.15, -0.1) is 0 Å². The number of carbonyl (C=O) groups excluding carboxylic acids is 2.